The Morgan fingerprint density at radius 3 is 2.40 bits per heavy atom. The molecule has 2 heterocycles. The maximum absolute atomic E-state index is 13.4. The van der Waals surface area contributed by atoms with Crippen molar-refractivity contribution in [2.24, 2.45) is 0 Å². The molecule has 0 spiro atoms. The molecule has 3 aromatic rings. The van der Waals surface area contributed by atoms with E-state index in [4.69, 9.17) is 9.47 Å². The van der Waals surface area contributed by atoms with Crippen LogP contribution in [0, 0.1) is 0 Å². The molecule has 0 radical (unpaired) electrons. The highest BCUT2D eigenvalue weighted by atomic mass is 16.5. The Bertz CT molecular complexity index is 1270. The number of rotatable bonds is 7. The Labute approximate surface area is 203 Å². The smallest absolute Gasteiger partial charge is 0.330 e. The predicted octanol–water partition coefficient (Wildman–Crippen LogP) is 4.50. The molecule has 180 valence electrons. The maximum Gasteiger partial charge on any atom is 0.330 e. The fraction of sp³-hybridized carbons (Fsp3) is 0.200. The van der Waals surface area contributed by atoms with E-state index < -0.39 is 0 Å². The number of nitrogens with zero attached hydrogens (tertiary/aromatic N) is 4. The molecule has 2 aromatic carbocycles. The molecule has 10 nitrogen and oxygen atoms in total. The number of nitrogens with one attached hydrogen (secondary N) is 2. The van der Waals surface area contributed by atoms with E-state index in [1.54, 1.807) is 68.8 Å². The maximum atomic E-state index is 13.4. The van der Waals surface area contributed by atoms with Gasteiger partial charge in [0.15, 0.2) is 0 Å². The summed E-state index contributed by atoms with van der Waals surface area (Å²) >= 11 is 0. The normalized spacial score (nSPS) is 14.7. The first-order chi connectivity index (χ1) is 16.9. The van der Waals surface area contributed by atoms with Gasteiger partial charge in [-0.25, -0.2) is 9.78 Å². The number of hydrogen-bond donors (Lipinski definition) is 2. The predicted molar refractivity (Wildman–Crippen MR) is 135 cm³/mol. The lowest BCUT2D eigenvalue weighted by atomic mass is 10.1. The summed E-state index contributed by atoms with van der Waals surface area (Å²) in [5.74, 6) is 1.58. The summed E-state index contributed by atoms with van der Waals surface area (Å²) in [5, 5.41) is 5.86. The second kappa shape index (κ2) is 9.72. The van der Waals surface area contributed by atoms with Crippen LogP contribution in [0.25, 0.3) is 0 Å². The molecule has 1 aliphatic rings. The lowest BCUT2D eigenvalue weighted by Crippen LogP contribution is -2.47. The highest BCUT2D eigenvalue weighted by Crippen LogP contribution is 2.40. The van der Waals surface area contributed by atoms with E-state index in [-0.39, 0.29) is 23.9 Å². The van der Waals surface area contributed by atoms with Gasteiger partial charge < -0.3 is 20.1 Å². The number of carbonyl (C=O) groups excluding carboxylic acids is 2. The Kier molecular flexibility index (Phi) is 6.54. The van der Waals surface area contributed by atoms with Gasteiger partial charge >= 0.3 is 6.03 Å². The number of fused-ring (bicyclic) bond motifs is 1. The SMILES string of the molecule is C=CC(=O)Nc1ccccc1Nc1ncc2c(n1)N(C)C(=O)N(c1cc(OC)cc(OC)c1)C2C. The summed E-state index contributed by atoms with van der Waals surface area (Å²) in [6.07, 6.45) is 2.88. The van der Waals surface area contributed by atoms with E-state index >= 15 is 0 Å². The topological polar surface area (TPSA) is 109 Å². The van der Waals surface area contributed by atoms with Crippen LogP contribution in [0.1, 0.15) is 18.5 Å². The standard InChI is InChI=1S/C25H26N6O4/c1-6-22(32)27-20-9-7-8-10-21(20)28-24-26-14-19-15(2)31(25(33)30(3)23(19)29-24)16-11-17(34-4)13-18(12-16)35-5/h6-15H,1H2,2-5H3,(H,27,32)(H,26,28,29). The molecule has 1 atom stereocenters. The van der Waals surface area contributed by atoms with Crippen molar-refractivity contribution >= 4 is 40.8 Å². The zero-order valence-corrected chi connectivity index (χ0v) is 19.9. The molecule has 4 rings (SSSR count). The number of carbonyl (C=O) groups is 2. The van der Waals surface area contributed by atoms with Gasteiger partial charge in [0.1, 0.15) is 17.3 Å². The Morgan fingerprint density at radius 1 is 1.11 bits per heavy atom. The third kappa shape index (κ3) is 4.58. The van der Waals surface area contributed by atoms with Gasteiger partial charge in [-0.05, 0) is 25.1 Å². The number of hydrogen-bond acceptors (Lipinski definition) is 7. The Balaban J connectivity index is 1.67. The molecule has 10 heteroatoms. The number of methoxy groups -OCH3 is 2. The van der Waals surface area contributed by atoms with Crippen LogP contribution in [-0.4, -0.2) is 43.2 Å². The van der Waals surface area contributed by atoms with Crippen LogP contribution >= 0.6 is 0 Å². The van der Waals surface area contributed by atoms with Crippen LogP contribution in [0.3, 0.4) is 0 Å². The van der Waals surface area contributed by atoms with E-state index in [2.05, 4.69) is 27.2 Å². The largest absolute Gasteiger partial charge is 0.497 e. The highest BCUT2D eigenvalue weighted by Gasteiger charge is 2.36. The van der Waals surface area contributed by atoms with Gasteiger partial charge in [-0.2, -0.15) is 4.98 Å². The highest BCUT2D eigenvalue weighted by molar-refractivity contribution is 6.06. The van der Waals surface area contributed by atoms with Crippen molar-refractivity contribution in [2.45, 2.75) is 13.0 Å². The van der Waals surface area contributed by atoms with Gasteiger partial charge in [-0.15, -0.1) is 0 Å². The minimum atomic E-state index is -0.348. The fourth-order valence-electron chi connectivity index (χ4n) is 3.83. The first-order valence-corrected chi connectivity index (χ1v) is 10.8. The van der Waals surface area contributed by atoms with Crippen LogP contribution in [0.2, 0.25) is 0 Å². The molecular formula is C25H26N6O4. The van der Waals surface area contributed by atoms with Gasteiger partial charge in [0.2, 0.25) is 11.9 Å². The van der Waals surface area contributed by atoms with Gasteiger partial charge in [0.05, 0.1) is 37.3 Å². The average Bonchev–Trinajstić information content (AvgIpc) is 2.88. The number of anilines is 5. The fourth-order valence-corrected chi connectivity index (χ4v) is 3.83. The van der Waals surface area contributed by atoms with Crippen molar-refractivity contribution in [3.05, 3.63) is 66.9 Å². The summed E-state index contributed by atoms with van der Waals surface area (Å²) < 4.78 is 10.7. The van der Waals surface area contributed by atoms with Crippen molar-refractivity contribution in [3.8, 4) is 11.5 Å². The third-order valence-electron chi connectivity index (χ3n) is 5.68. The van der Waals surface area contributed by atoms with Gasteiger partial charge in [0.25, 0.3) is 0 Å². The second-order valence-corrected chi connectivity index (χ2v) is 7.79. The summed E-state index contributed by atoms with van der Waals surface area (Å²) in [6, 6.07) is 11.9. The van der Waals surface area contributed by atoms with Crippen molar-refractivity contribution in [2.75, 3.05) is 41.7 Å². The Hall–Kier alpha value is -4.60. The molecule has 0 saturated carbocycles. The monoisotopic (exact) mass is 474 g/mol. The Morgan fingerprint density at radius 2 is 1.77 bits per heavy atom. The third-order valence-corrected chi connectivity index (χ3v) is 5.68. The zero-order chi connectivity index (χ0) is 25.1. The molecule has 0 aliphatic carbocycles. The molecule has 2 N–H and O–H groups in total. The second-order valence-electron chi connectivity index (χ2n) is 7.79. The first-order valence-electron chi connectivity index (χ1n) is 10.8. The number of aromatic nitrogens is 2. The summed E-state index contributed by atoms with van der Waals surface area (Å²) in [5.41, 5.74) is 2.55. The molecule has 35 heavy (non-hydrogen) atoms. The van der Waals surface area contributed by atoms with Crippen molar-refractivity contribution in [1.82, 2.24) is 9.97 Å². The number of ether oxygens (including phenoxy) is 2. The molecule has 0 fully saturated rings. The van der Waals surface area contributed by atoms with Crippen LogP contribution in [0.15, 0.2) is 61.3 Å². The lowest BCUT2D eigenvalue weighted by molar-refractivity contribution is -0.111. The minimum Gasteiger partial charge on any atom is -0.497 e. The number of urea groups is 1. The van der Waals surface area contributed by atoms with Gasteiger partial charge in [-0.1, -0.05) is 18.7 Å². The summed E-state index contributed by atoms with van der Waals surface area (Å²) in [7, 11) is 4.78. The number of para-hydroxylation sites is 2. The number of amides is 3. The van der Waals surface area contributed by atoms with Crippen LogP contribution < -0.4 is 29.9 Å². The molecule has 1 aromatic heterocycles. The van der Waals surface area contributed by atoms with E-state index in [0.29, 0.717) is 34.4 Å². The number of benzene rings is 2. The average molecular weight is 475 g/mol. The molecule has 0 saturated heterocycles. The van der Waals surface area contributed by atoms with E-state index in [1.165, 1.54) is 11.0 Å². The molecule has 1 unspecified atom stereocenters. The lowest BCUT2D eigenvalue weighted by Gasteiger charge is -2.39. The minimum absolute atomic E-state index is 0.261. The van der Waals surface area contributed by atoms with Gasteiger partial charge in [0, 0.05) is 37.0 Å². The molecule has 1 aliphatic heterocycles. The van der Waals surface area contributed by atoms with E-state index in [9.17, 15) is 9.59 Å². The summed E-state index contributed by atoms with van der Waals surface area (Å²) in [6.45, 7) is 5.38. The van der Waals surface area contributed by atoms with Crippen molar-refractivity contribution in [3.63, 3.8) is 0 Å². The van der Waals surface area contributed by atoms with Crippen LogP contribution in [0.4, 0.5) is 33.6 Å². The van der Waals surface area contributed by atoms with E-state index in [0.717, 1.165) is 5.56 Å². The molecule has 0 bridgehead atoms. The van der Waals surface area contributed by atoms with Crippen molar-refractivity contribution in [1.29, 1.82) is 0 Å². The van der Waals surface area contributed by atoms with Gasteiger partial charge in [-0.3, -0.25) is 14.6 Å². The van der Waals surface area contributed by atoms with Crippen LogP contribution in [-0.2, 0) is 4.79 Å². The summed E-state index contributed by atoms with van der Waals surface area (Å²) in [4.78, 5) is 37.4. The van der Waals surface area contributed by atoms with Crippen LogP contribution in [0.5, 0.6) is 11.5 Å². The molecule has 3 amide bonds. The van der Waals surface area contributed by atoms with E-state index in [1.807, 2.05) is 13.0 Å². The molecular weight excluding hydrogens is 448 g/mol. The quantitative estimate of drug-likeness (QED) is 0.485. The van der Waals surface area contributed by atoms with Crippen molar-refractivity contribution < 1.29 is 19.1 Å². The zero-order valence-electron chi connectivity index (χ0n) is 19.9. The first kappa shape index (κ1) is 23.6.